The molecule has 2 aromatic rings. The van der Waals surface area contributed by atoms with Gasteiger partial charge in [0.05, 0.1) is 0 Å². The summed E-state index contributed by atoms with van der Waals surface area (Å²) in [4.78, 5) is 18.9. The second-order valence-electron chi connectivity index (χ2n) is 6.64. The second kappa shape index (κ2) is 8.99. The van der Waals surface area contributed by atoms with Crippen molar-refractivity contribution >= 4 is 17.6 Å². The average Bonchev–Trinajstić information content (AvgIpc) is 2.67. The Morgan fingerprint density at radius 3 is 2.73 bits per heavy atom. The summed E-state index contributed by atoms with van der Waals surface area (Å²) in [6, 6.07) is 8.36. The number of rotatable bonds is 5. The third-order valence-electron chi connectivity index (χ3n) is 4.83. The molecular formula is C20H23ClFN3O. The summed E-state index contributed by atoms with van der Waals surface area (Å²) < 4.78 is 13.9. The maximum Gasteiger partial charge on any atom is 0.318 e. The molecule has 0 radical (unpaired) electrons. The van der Waals surface area contributed by atoms with Gasteiger partial charge in [-0.2, -0.15) is 0 Å². The molecule has 0 spiro atoms. The van der Waals surface area contributed by atoms with Gasteiger partial charge in [0.2, 0.25) is 0 Å². The number of carbonyl (C=O) groups excluding carboxylic acids is 1. The first kappa shape index (κ1) is 18.6. The predicted octanol–water partition coefficient (Wildman–Crippen LogP) is 4.92. The molecule has 26 heavy (non-hydrogen) atoms. The van der Waals surface area contributed by atoms with Gasteiger partial charge in [0.15, 0.2) is 0 Å². The Bertz CT molecular complexity index is 715. The van der Waals surface area contributed by atoms with Crippen LogP contribution in [0.2, 0.25) is 5.02 Å². The molecule has 1 aromatic heterocycles. The van der Waals surface area contributed by atoms with E-state index in [9.17, 15) is 9.18 Å². The maximum absolute atomic E-state index is 13.9. The van der Waals surface area contributed by atoms with Crippen molar-refractivity contribution in [3.63, 3.8) is 0 Å². The quantitative estimate of drug-likeness (QED) is 0.806. The number of amides is 2. The number of benzene rings is 1. The molecular weight excluding hydrogens is 353 g/mol. The summed E-state index contributed by atoms with van der Waals surface area (Å²) in [6.45, 7) is 0.565. The minimum Gasteiger partial charge on any atom is -0.334 e. The summed E-state index contributed by atoms with van der Waals surface area (Å²) in [5, 5.41) is 3.16. The van der Waals surface area contributed by atoms with Crippen molar-refractivity contribution in [2.24, 2.45) is 0 Å². The van der Waals surface area contributed by atoms with Crippen molar-refractivity contribution < 1.29 is 9.18 Å². The van der Waals surface area contributed by atoms with E-state index in [1.54, 1.807) is 24.5 Å². The zero-order valence-electron chi connectivity index (χ0n) is 14.6. The number of carbonyl (C=O) groups is 1. The third-order valence-corrected chi connectivity index (χ3v) is 5.18. The molecule has 1 aromatic carbocycles. The second-order valence-corrected chi connectivity index (χ2v) is 7.05. The standard InChI is InChI=1S/C20H23ClFN3O/c21-18-9-4-10-19(22)17(18)13-24-20(26)25(16-7-2-1-3-8-16)14-15-6-5-11-23-12-15/h4-6,9-12,16H,1-3,7-8,13-14H2,(H,24,26). The number of halogens is 2. The van der Waals surface area contributed by atoms with Crippen molar-refractivity contribution in [1.82, 2.24) is 15.2 Å². The largest absolute Gasteiger partial charge is 0.334 e. The Morgan fingerprint density at radius 1 is 1.23 bits per heavy atom. The lowest BCUT2D eigenvalue weighted by atomic mass is 9.94. The molecule has 1 heterocycles. The fourth-order valence-electron chi connectivity index (χ4n) is 3.41. The summed E-state index contributed by atoms with van der Waals surface area (Å²) in [6.07, 6.45) is 8.94. The van der Waals surface area contributed by atoms with Crippen LogP contribution < -0.4 is 5.32 Å². The van der Waals surface area contributed by atoms with Crippen LogP contribution in [0.5, 0.6) is 0 Å². The monoisotopic (exact) mass is 375 g/mol. The van der Waals surface area contributed by atoms with Gasteiger partial charge in [0, 0.05) is 42.1 Å². The van der Waals surface area contributed by atoms with Gasteiger partial charge in [-0.25, -0.2) is 9.18 Å². The van der Waals surface area contributed by atoms with Crippen LogP contribution in [0.1, 0.15) is 43.2 Å². The fourth-order valence-corrected chi connectivity index (χ4v) is 3.64. The molecule has 3 rings (SSSR count). The lowest BCUT2D eigenvalue weighted by Crippen LogP contribution is -2.46. The Kier molecular flexibility index (Phi) is 6.45. The first-order valence-electron chi connectivity index (χ1n) is 9.01. The van der Waals surface area contributed by atoms with E-state index in [2.05, 4.69) is 10.3 Å². The van der Waals surface area contributed by atoms with Crippen LogP contribution in [0, 0.1) is 5.82 Å². The van der Waals surface area contributed by atoms with E-state index >= 15 is 0 Å². The normalized spacial score (nSPS) is 14.8. The molecule has 0 atom stereocenters. The Morgan fingerprint density at radius 2 is 2.04 bits per heavy atom. The van der Waals surface area contributed by atoms with E-state index in [0.717, 1.165) is 31.2 Å². The van der Waals surface area contributed by atoms with Crippen molar-refractivity contribution in [3.05, 3.63) is 64.7 Å². The predicted molar refractivity (Wildman–Crippen MR) is 100 cm³/mol. The summed E-state index contributed by atoms with van der Waals surface area (Å²) >= 11 is 6.06. The van der Waals surface area contributed by atoms with E-state index in [-0.39, 0.29) is 18.6 Å². The maximum atomic E-state index is 13.9. The van der Waals surface area contributed by atoms with Gasteiger partial charge in [0.1, 0.15) is 5.82 Å². The van der Waals surface area contributed by atoms with Crippen molar-refractivity contribution in [2.75, 3.05) is 0 Å². The highest BCUT2D eigenvalue weighted by Crippen LogP contribution is 2.24. The lowest BCUT2D eigenvalue weighted by Gasteiger charge is -2.34. The zero-order chi connectivity index (χ0) is 18.4. The van der Waals surface area contributed by atoms with E-state index in [4.69, 9.17) is 11.6 Å². The van der Waals surface area contributed by atoms with E-state index in [0.29, 0.717) is 17.1 Å². The van der Waals surface area contributed by atoms with Gasteiger partial charge in [0.25, 0.3) is 0 Å². The first-order valence-corrected chi connectivity index (χ1v) is 9.39. The first-order chi connectivity index (χ1) is 12.6. The third kappa shape index (κ3) is 4.73. The molecule has 138 valence electrons. The van der Waals surface area contributed by atoms with Crippen molar-refractivity contribution in [1.29, 1.82) is 0 Å². The molecule has 1 aliphatic carbocycles. The fraction of sp³-hybridized carbons (Fsp3) is 0.400. The van der Waals surface area contributed by atoms with E-state index in [1.807, 2.05) is 17.0 Å². The van der Waals surface area contributed by atoms with Crippen molar-refractivity contribution in [3.8, 4) is 0 Å². The van der Waals surface area contributed by atoms with Crippen LogP contribution in [0.3, 0.4) is 0 Å². The molecule has 1 N–H and O–H groups in total. The highest BCUT2D eigenvalue weighted by molar-refractivity contribution is 6.31. The van der Waals surface area contributed by atoms with Crippen molar-refractivity contribution in [2.45, 2.75) is 51.2 Å². The summed E-state index contributed by atoms with van der Waals surface area (Å²) in [5.74, 6) is -0.408. The summed E-state index contributed by atoms with van der Waals surface area (Å²) in [5.41, 5.74) is 1.30. The van der Waals surface area contributed by atoms with Crippen LogP contribution in [-0.2, 0) is 13.1 Å². The molecule has 0 bridgehead atoms. The Labute approximate surface area is 158 Å². The van der Waals surface area contributed by atoms with Gasteiger partial charge in [-0.1, -0.05) is 43.0 Å². The molecule has 1 saturated carbocycles. The number of urea groups is 1. The highest BCUT2D eigenvalue weighted by atomic mass is 35.5. The SMILES string of the molecule is O=C(NCc1c(F)cccc1Cl)N(Cc1cccnc1)C1CCCCC1. The van der Waals surface area contributed by atoms with Crippen LogP contribution in [0.25, 0.3) is 0 Å². The van der Waals surface area contributed by atoms with Crippen LogP contribution in [-0.4, -0.2) is 22.0 Å². The van der Waals surface area contributed by atoms with Crippen LogP contribution >= 0.6 is 11.6 Å². The molecule has 1 fully saturated rings. The van der Waals surface area contributed by atoms with Gasteiger partial charge in [-0.15, -0.1) is 0 Å². The molecule has 0 saturated heterocycles. The minimum atomic E-state index is -0.408. The number of hydrogen-bond donors (Lipinski definition) is 1. The summed E-state index contributed by atoms with van der Waals surface area (Å²) in [7, 11) is 0. The number of nitrogens with one attached hydrogen (secondary N) is 1. The lowest BCUT2D eigenvalue weighted by molar-refractivity contribution is 0.150. The van der Waals surface area contributed by atoms with Gasteiger partial charge < -0.3 is 10.2 Å². The van der Waals surface area contributed by atoms with Gasteiger partial charge in [-0.3, -0.25) is 4.98 Å². The van der Waals surface area contributed by atoms with Crippen LogP contribution in [0.4, 0.5) is 9.18 Å². The number of aromatic nitrogens is 1. The Hall–Kier alpha value is -2.14. The molecule has 4 nitrogen and oxygen atoms in total. The van der Waals surface area contributed by atoms with Gasteiger partial charge in [-0.05, 0) is 36.6 Å². The number of hydrogen-bond acceptors (Lipinski definition) is 2. The average molecular weight is 376 g/mol. The molecule has 2 amide bonds. The molecule has 0 unspecified atom stereocenters. The van der Waals surface area contributed by atoms with E-state index < -0.39 is 5.82 Å². The number of pyridine rings is 1. The number of nitrogens with zero attached hydrogens (tertiary/aromatic N) is 2. The van der Waals surface area contributed by atoms with Crippen LogP contribution in [0.15, 0.2) is 42.7 Å². The molecule has 0 aliphatic heterocycles. The minimum absolute atomic E-state index is 0.0700. The molecule has 6 heteroatoms. The molecule has 1 aliphatic rings. The van der Waals surface area contributed by atoms with E-state index in [1.165, 1.54) is 12.5 Å². The topological polar surface area (TPSA) is 45.2 Å². The smallest absolute Gasteiger partial charge is 0.318 e. The highest BCUT2D eigenvalue weighted by Gasteiger charge is 2.25. The van der Waals surface area contributed by atoms with Gasteiger partial charge >= 0.3 is 6.03 Å². The zero-order valence-corrected chi connectivity index (χ0v) is 15.4. The Balaban J connectivity index is 1.71.